The molecule has 0 unspecified atom stereocenters. The number of hydrogen-bond acceptors (Lipinski definition) is 2. The van der Waals surface area contributed by atoms with Crippen molar-refractivity contribution in [3.05, 3.63) is 35.1 Å². The first-order valence-electron chi connectivity index (χ1n) is 4.48. The second kappa shape index (κ2) is 6.33. The SMILES string of the molecule is C=Cc1c(C)nnc(Cl)c1C=C.CC. The summed E-state index contributed by atoms with van der Waals surface area (Å²) in [6.07, 6.45) is 3.36. The van der Waals surface area contributed by atoms with Crippen LogP contribution in [0.4, 0.5) is 0 Å². The highest BCUT2D eigenvalue weighted by Gasteiger charge is 2.06. The van der Waals surface area contributed by atoms with Crippen molar-refractivity contribution in [1.29, 1.82) is 0 Å². The zero-order valence-corrected chi connectivity index (χ0v) is 9.60. The maximum atomic E-state index is 5.79. The summed E-state index contributed by atoms with van der Waals surface area (Å²) < 4.78 is 0. The van der Waals surface area contributed by atoms with Crippen LogP contribution in [0.3, 0.4) is 0 Å². The molecule has 2 nitrogen and oxygen atoms in total. The Morgan fingerprint density at radius 2 is 1.57 bits per heavy atom. The van der Waals surface area contributed by atoms with E-state index in [1.54, 1.807) is 12.2 Å². The van der Waals surface area contributed by atoms with Crippen LogP contribution in [0.25, 0.3) is 12.2 Å². The van der Waals surface area contributed by atoms with E-state index in [0.29, 0.717) is 5.15 Å². The quantitative estimate of drug-likeness (QED) is 0.743. The maximum absolute atomic E-state index is 5.79. The lowest BCUT2D eigenvalue weighted by Crippen LogP contribution is -1.95. The van der Waals surface area contributed by atoms with Gasteiger partial charge in [-0.15, -0.1) is 5.10 Å². The number of halogens is 1. The molecule has 0 aliphatic rings. The van der Waals surface area contributed by atoms with Gasteiger partial charge in [0.25, 0.3) is 0 Å². The van der Waals surface area contributed by atoms with Crippen LogP contribution in [0.2, 0.25) is 5.15 Å². The predicted molar refractivity (Wildman–Crippen MR) is 63.3 cm³/mol. The minimum atomic E-state index is 0.366. The van der Waals surface area contributed by atoms with E-state index in [1.807, 2.05) is 20.8 Å². The van der Waals surface area contributed by atoms with Gasteiger partial charge in [0.15, 0.2) is 5.15 Å². The number of rotatable bonds is 2. The van der Waals surface area contributed by atoms with Gasteiger partial charge in [0.1, 0.15) is 0 Å². The summed E-state index contributed by atoms with van der Waals surface area (Å²) in [5, 5.41) is 7.98. The third kappa shape index (κ3) is 2.67. The molecule has 0 radical (unpaired) electrons. The van der Waals surface area contributed by atoms with Gasteiger partial charge in [-0.1, -0.05) is 50.8 Å². The van der Waals surface area contributed by atoms with Crippen molar-refractivity contribution in [2.24, 2.45) is 0 Å². The normalized spacial score (nSPS) is 8.57. The zero-order valence-electron chi connectivity index (χ0n) is 8.84. The molecule has 14 heavy (non-hydrogen) atoms. The van der Waals surface area contributed by atoms with Crippen LogP contribution in [0.15, 0.2) is 13.2 Å². The third-order valence-corrected chi connectivity index (χ3v) is 1.88. The second-order valence-electron chi connectivity index (χ2n) is 2.31. The lowest BCUT2D eigenvalue weighted by molar-refractivity contribution is 0.972. The molecule has 0 aromatic carbocycles. The number of aryl methyl sites for hydroxylation is 1. The maximum Gasteiger partial charge on any atom is 0.159 e. The lowest BCUT2D eigenvalue weighted by Gasteiger charge is -2.03. The summed E-state index contributed by atoms with van der Waals surface area (Å²) in [5.41, 5.74) is 2.49. The number of aromatic nitrogens is 2. The first-order valence-corrected chi connectivity index (χ1v) is 4.86. The van der Waals surface area contributed by atoms with Crippen molar-refractivity contribution < 1.29 is 0 Å². The Morgan fingerprint density at radius 1 is 1.07 bits per heavy atom. The monoisotopic (exact) mass is 210 g/mol. The van der Waals surface area contributed by atoms with Gasteiger partial charge in [0.2, 0.25) is 0 Å². The standard InChI is InChI=1S/C9H9ClN2.C2H6/c1-4-7-6(3)11-12-9(10)8(7)5-2;1-2/h4-5H,1-2H2,3H3;1-2H3. The van der Waals surface area contributed by atoms with Crippen LogP contribution < -0.4 is 0 Å². The fourth-order valence-electron chi connectivity index (χ4n) is 0.984. The Labute approximate surface area is 90.3 Å². The molecule has 0 amide bonds. The van der Waals surface area contributed by atoms with Gasteiger partial charge < -0.3 is 0 Å². The number of nitrogens with zero attached hydrogens (tertiary/aromatic N) is 2. The molecule has 1 aromatic heterocycles. The molecule has 3 heteroatoms. The van der Waals surface area contributed by atoms with Crippen LogP contribution in [0, 0.1) is 6.92 Å². The first-order chi connectivity index (χ1) is 6.70. The van der Waals surface area contributed by atoms with Gasteiger partial charge >= 0.3 is 0 Å². The minimum absolute atomic E-state index is 0.366. The van der Waals surface area contributed by atoms with Gasteiger partial charge in [0, 0.05) is 11.1 Å². The van der Waals surface area contributed by atoms with Gasteiger partial charge in [-0.3, -0.25) is 0 Å². The van der Waals surface area contributed by atoms with Crippen LogP contribution >= 0.6 is 11.6 Å². The van der Waals surface area contributed by atoms with E-state index < -0.39 is 0 Å². The smallest absolute Gasteiger partial charge is 0.154 e. The van der Waals surface area contributed by atoms with Crippen LogP contribution in [0.1, 0.15) is 30.7 Å². The predicted octanol–water partition coefficient (Wildman–Crippen LogP) is 3.75. The summed E-state index contributed by atoms with van der Waals surface area (Å²) in [4.78, 5) is 0. The molecule has 0 fully saturated rings. The van der Waals surface area contributed by atoms with Crippen molar-refractivity contribution >= 4 is 23.8 Å². The molecule has 0 N–H and O–H groups in total. The highest BCUT2D eigenvalue weighted by molar-refractivity contribution is 6.31. The van der Waals surface area contributed by atoms with Crippen molar-refractivity contribution in [3.63, 3.8) is 0 Å². The molecule has 0 aliphatic heterocycles. The van der Waals surface area contributed by atoms with E-state index >= 15 is 0 Å². The summed E-state index contributed by atoms with van der Waals surface area (Å²) >= 11 is 5.79. The molecular weight excluding hydrogens is 196 g/mol. The van der Waals surface area contributed by atoms with E-state index in [1.165, 1.54) is 0 Å². The van der Waals surface area contributed by atoms with E-state index in [2.05, 4.69) is 23.4 Å². The third-order valence-electron chi connectivity index (χ3n) is 1.60. The summed E-state index contributed by atoms with van der Waals surface area (Å²) in [7, 11) is 0. The average molecular weight is 211 g/mol. The highest BCUT2D eigenvalue weighted by Crippen LogP contribution is 2.20. The molecule has 0 saturated carbocycles. The van der Waals surface area contributed by atoms with Gasteiger partial charge in [-0.2, -0.15) is 5.10 Å². The van der Waals surface area contributed by atoms with E-state index in [9.17, 15) is 0 Å². The molecule has 0 aliphatic carbocycles. The summed E-state index contributed by atoms with van der Waals surface area (Å²) in [5.74, 6) is 0. The summed E-state index contributed by atoms with van der Waals surface area (Å²) in [6, 6.07) is 0. The molecule has 76 valence electrons. The molecule has 0 saturated heterocycles. The largest absolute Gasteiger partial charge is 0.159 e. The Hall–Kier alpha value is -1.15. The fourth-order valence-corrected chi connectivity index (χ4v) is 1.20. The molecule has 1 heterocycles. The first kappa shape index (κ1) is 12.8. The highest BCUT2D eigenvalue weighted by atomic mass is 35.5. The Morgan fingerprint density at radius 3 is 1.93 bits per heavy atom. The Kier molecular flexibility index (Phi) is 5.81. The van der Waals surface area contributed by atoms with Crippen molar-refractivity contribution in [1.82, 2.24) is 10.2 Å². The van der Waals surface area contributed by atoms with Crippen molar-refractivity contribution in [2.75, 3.05) is 0 Å². The molecule has 0 bridgehead atoms. The van der Waals surface area contributed by atoms with Crippen LogP contribution in [-0.4, -0.2) is 10.2 Å². The average Bonchev–Trinajstić information content (AvgIpc) is 2.24. The molecule has 1 aromatic rings. The van der Waals surface area contributed by atoms with E-state index in [0.717, 1.165) is 16.8 Å². The summed E-state index contributed by atoms with van der Waals surface area (Å²) in [6.45, 7) is 13.2. The van der Waals surface area contributed by atoms with Gasteiger partial charge in [0.05, 0.1) is 5.69 Å². The minimum Gasteiger partial charge on any atom is -0.154 e. The Balaban J connectivity index is 0.000000791. The fraction of sp³-hybridized carbons (Fsp3) is 0.273. The van der Waals surface area contributed by atoms with Crippen molar-refractivity contribution in [3.8, 4) is 0 Å². The Bertz CT molecular complexity index is 299. The van der Waals surface area contributed by atoms with Gasteiger partial charge in [-0.05, 0) is 6.92 Å². The lowest BCUT2D eigenvalue weighted by atomic mass is 10.1. The molecule has 0 atom stereocenters. The molecule has 1 rings (SSSR count). The van der Waals surface area contributed by atoms with Crippen LogP contribution in [0.5, 0.6) is 0 Å². The zero-order chi connectivity index (χ0) is 11.1. The van der Waals surface area contributed by atoms with Crippen LogP contribution in [-0.2, 0) is 0 Å². The molecule has 0 spiro atoms. The van der Waals surface area contributed by atoms with Crippen molar-refractivity contribution in [2.45, 2.75) is 20.8 Å². The number of hydrogen-bond donors (Lipinski definition) is 0. The molecular formula is C11H15ClN2. The van der Waals surface area contributed by atoms with Gasteiger partial charge in [-0.25, -0.2) is 0 Å². The topological polar surface area (TPSA) is 25.8 Å². The second-order valence-corrected chi connectivity index (χ2v) is 2.67. The van der Waals surface area contributed by atoms with E-state index in [4.69, 9.17) is 11.6 Å². The van der Waals surface area contributed by atoms with E-state index in [-0.39, 0.29) is 0 Å².